The molecule has 98 valence electrons. The van der Waals surface area contributed by atoms with Gasteiger partial charge in [-0.25, -0.2) is 15.0 Å². The average Bonchev–Trinajstić information content (AvgIpc) is 3.05. The van der Waals surface area contributed by atoms with Crippen molar-refractivity contribution in [3.8, 4) is 0 Å². The quantitative estimate of drug-likeness (QED) is 0.691. The van der Waals surface area contributed by atoms with E-state index >= 15 is 0 Å². The van der Waals surface area contributed by atoms with Crippen LogP contribution in [0.2, 0.25) is 0 Å². The van der Waals surface area contributed by atoms with Gasteiger partial charge in [-0.05, 0) is 6.07 Å². The van der Waals surface area contributed by atoms with Gasteiger partial charge in [-0.2, -0.15) is 5.10 Å². The number of imidazole rings is 1. The summed E-state index contributed by atoms with van der Waals surface area (Å²) < 4.78 is 3.91. The number of aromatic nitrogens is 6. The lowest BCUT2D eigenvalue weighted by atomic mass is 10.4. The molecule has 7 nitrogen and oxygen atoms in total. The zero-order valence-electron chi connectivity index (χ0n) is 10.9. The summed E-state index contributed by atoms with van der Waals surface area (Å²) in [5, 5.41) is 4.18. The molecule has 0 radical (unpaired) electrons. The van der Waals surface area contributed by atoms with E-state index in [1.807, 2.05) is 40.5 Å². The molecule has 3 aromatic heterocycles. The van der Waals surface area contributed by atoms with Crippen LogP contribution in [0, 0.1) is 0 Å². The molecule has 0 unspecified atom stereocenters. The van der Waals surface area contributed by atoms with Gasteiger partial charge in [0.25, 0.3) is 0 Å². The van der Waals surface area contributed by atoms with E-state index in [0.29, 0.717) is 0 Å². The molecule has 0 fully saturated rings. The molecule has 7 heteroatoms. The van der Waals surface area contributed by atoms with Gasteiger partial charge in [0.05, 0.1) is 12.9 Å². The van der Waals surface area contributed by atoms with Gasteiger partial charge in [0.15, 0.2) is 17.0 Å². The zero-order chi connectivity index (χ0) is 13.2. The number of hydrogen-bond donors (Lipinski definition) is 0. The first kappa shape index (κ1) is 11.6. The van der Waals surface area contributed by atoms with Gasteiger partial charge in [0, 0.05) is 33.0 Å². The molecule has 3 rings (SSSR count). The van der Waals surface area contributed by atoms with E-state index in [2.05, 4.69) is 20.1 Å². The minimum atomic E-state index is 0.780. The van der Waals surface area contributed by atoms with Gasteiger partial charge in [-0.3, -0.25) is 4.68 Å². The molecule has 0 aliphatic carbocycles. The van der Waals surface area contributed by atoms with Crippen molar-refractivity contribution in [1.82, 2.24) is 29.3 Å². The lowest BCUT2D eigenvalue weighted by Crippen LogP contribution is -2.12. The maximum atomic E-state index is 4.41. The second-order valence-electron chi connectivity index (χ2n) is 4.47. The molecule has 0 saturated carbocycles. The molecule has 0 amide bonds. The van der Waals surface area contributed by atoms with Crippen LogP contribution in [0.25, 0.3) is 11.2 Å². The van der Waals surface area contributed by atoms with E-state index in [1.165, 1.54) is 0 Å². The molecule has 3 aromatic rings. The Balaban J connectivity index is 1.90. The highest BCUT2D eigenvalue weighted by atomic mass is 15.3. The molecule has 19 heavy (non-hydrogen) atoms. The topological polar surface area (TPSA) is 64.7 Å². The molecule has 3 heterocycles. The van der Waals surface area contributed by atoms with Crippen LogP contribution in [-0.2, 0) is 13.1 Å². The molecule has 0 bridgehead atoms. The predicted molar refractivity (Wildman–Crippen MR) is 71.9 cm³/mol. The second-order valence-corrected chi connectivity index (χ2v) is 4.47. The van der Waals surface area contributed by atoms with Crippen LogP contribution in [0.3, 0.4) is 0 Å². The normalized spacial score (nSPS) is 11.1. The molecule has 0 atom stereocenters. The fourth-order valence-corrected chi connectivity index (χ4v) is 2.00. The van der Waals surface area contributed by atoms with Crippen molar-refractivity contribution < 1.29 is 0 Å². The summed E-state index contributed by atoms with van der Waals surface area (Å²) in [5.41, 5.74) is 1.68. The maximum Gasteiger partial charge on any atom is 0.165 e. The van der Waals surface area contributed by atoms with Gasteiger partial charge in [-0.1, -0.05) is 0 Å². The van der Waals surface area contributed by atoms with Gasteiger partial charge < -0.3 is 9.47 Å². The van der Waals surface area contributed by atoms with Crippen LogP contribution in [-0.4, -0.2) is 43.4 Å². The van der Waals surface area contributed by atoms with Crippen molar-refractivity contribution >= 4 is 17.0 Å². The fourth-order valence-electron chi connectivity index (χ4n) is 2.00. The van der Waals surface area contributed by atoms with Crippen molar-refractivity contribution in [3.05, 3.63) is 31.1 Å². The first-order valence-electron chi connectivity index (χ1n) is 6.06. The first-order valence-corrected chi connectivity index (χ1v) is 6.06. The van der Waals surface area contributed by atoms with Crippen molar-refractivity contribution in [2.45, 2.75) is 13.1 Å². The van der Waals surface area contributed by atoms with Crippen LogP contribution >= 0.6 is 0 Å². The van der Waals surface area contributed by atoms with Crippen LogP contribution in [0.1, 0.15) is 0 Å². The van der Waals surface area contributed by atoms with E-state index < -0.39 is 0 Å². The SMILES string of the molecule is CN(C)c1ncnc2c1ncn2CCn1cccn1. The predicted octanol–water partition coefficient (Wildman–Crippen LogP) is 0.789. The van der Waals surface area contributed by atoms with Crippen LogP contribution < -0.4 is 4.90 Å². The lowest BCUT2D eigenvalue weighted by molar-refractivity contribution is 0.539. The Hall–Kier alpha value is -2.44. The Morgan fingerprint density at radius 1 is 1.16 bits per heavy atom. The minimum Gasteiger partial charge on any atom is -0.361 e. The summed E-state index contributed by atoms with van der Waals surface area (Å²) in [4.78, 5) is 14.9. The third-order valence-electron chi connectivity index (χ3n) is 2.93. The molecule has 0 spiro atoms. The summed E-state index contributed by atoms with van der Waals surface area (Å²) in [5.74, 6) is 0.836. The van der Waals surface area contributed by atoms with E-state index in [4.69, 9.17) is 0 Å². The van der Waals surface area contributed by atoms with Crippen molar-refractivity contribution in [3.63, 3.8) is 0 Å². The number of hydrogen-bond acceptors (Lipinski definition) is 5. The Kier molecular flexibility index (Phi) is 2.86. The number of nitrogens with zero attached hydrogens (tertiary/aromatic N) is 7. The van der Waals surface area contributed by atoms with Crippen LogP contribution in [0.5, 0.6) is 0 Å². The average molecular weight is 257 g/mol. The summed E-state index contributed by atoms with van der Waals surface area (Å²) in [6, 6.07) is 1.92. The molecule has 0 saturated heterocycles. The molecule has 0 aromatic carbocycles. The Morgan fingerprint density at radius 2 is 2.05 bits per heavy atom. The van der Waals surface area contributed by atoms with E-state index in [-0.39, 0.29) is 0 Å². The summed E-state index contributed by atoms with van der Waals surface area (Å²) >= 11 is 0. The number of rotatable bonds is 4. The van der Waals surface area contributed by atoms with E-state index in [0.717, 1.165) is 30.1 Å². The molecule has 0 aliphatic heterocycles. The Labute approximate surface area is 110 Å². The van der Waals surface area contributed by atoms with Crippen LogP contribution in [0.4, 0.5) is 5.82 Å². The van der Waals surface area contributed by atoms with E-state index in [1.54, 1.807) is 18.9 Å². The highest BCUT2D eigenvalue weighted by Gasteiger charge is 2.11. The fraction of sp³-hybridized carbons (Fsp3) is 0.333. The molecular weight excluding hydrogens is 242 g/mol. The van der Waals surface area contributed by atoms with Gasteiger partial charge >= 0.3 is 0 Å². The Morgan fingerprint density at radius 3 is 2.79 bits per heavy atom. The standard InChI is InChI=1S/C12H15N7/c1-17(2)11-10-12(14-8-13-11)18(9-15-10)6-7-19-5-3-4-16-19/h3-5,8-9H,6-7H2,1-2H3. The molecule has 0 aliphatic rings. The highest BCUT2D eigenvalue weighted by molar-refractivity contribution is 5.82. The number of fused-ring (bicyclic) bond motifs is 1. The van der Waals surface area contributed by atoms with Crippen molar-refractivity contribution in [2.75, 3.05) is 19.0 Å². The minimum absolute atomic E-state index is 0.780. The molecular formula is C12H15N7. The Bertz CT molecular complexity index is 669. The second kappa shape index (κ2) is 4.68. The summed E-state index contributed by atoms with van der Waals surface area (Å²) in [6.45, 7) is 1.57. The van der Waals surface area contributed by atoms with Crippen molar-refractivity contribution in [2.24, 2.45) is 0 Å². The van der Waals surface area contributed by atoms with E-state index in [9.17, 15) is 0 Å². The number of anilines is 1. The number of aryl methyl sites for hydroxylation is 2. The largest absolute Gasteiger partial charge is 0.361 e. The summed E-state index contributed by atoms with van der Waals surface area (Å²) in [6.07, 6.45) is 7.09. The highest BCUT2D eigenvalue weighted by Crippen LogP contribution is 2.19. The van der Waals surface area contributed by atoms with Gasteiger partial charge in [0.2, 0.25) is 0 Å². The first-order chi connectivity index (χ1) is 9.25. The monoisotopic (exact) mass is 257 g/mol. The third-order valence-corrected chi connectivity index (χ3v) is 2.93. The smallest absolute Gasteiger partial charge is 0.165 e. The van der Waals surface area contributed by atoms with Gasteiger partial charge in [0.1, 0.15) is 6.33 Å². The third kappa shape index (κ3) is 2.14. The van der Waals surface area contributed by atoms with Crippen LogP contribution in [0.15, 0.2) is 31.1 Å². The maximum absolute atomic E-state index is 4.41. The zero-order valence-corrected chi connectivity index (χ0v) is 10.9. The lowest BCUT2D eigenvalue weighted by Gasteiger charge is -2.11. The summed E-state index contributed by atoms with van der Waals surface area (Å²) in [7, 11) is 3.90. The van der Waals surface area contributed by atoms with Gasteiger partial charge in [-0.15, -0.1) is 0 Å². The van der Waals surface area contributed by atoms with Crippen molar-refractivity contribution in [1.29, 1.82) is 0 Å². The molecule has 0 N–H and O–H groups in total.